The molecule has 2 N–H and O–H groups in total. The van der Waals surface area contributed by atoms with Gasteiger partial charge in [0.05, 0.1) is 12.2 Å². The van der Waals surface area contributed by atoms with Crippen molar-refractivity contribution in [2.45, 2.75) is 111 Å². The fourth-order valence-electron chi connectivity index (χ4n) is 9.56. The Morgan fingerprint density at radius 3 is 2.33 bits per heavy atom. The zero-order valence-corrected chi connectivity index (χ0v) is 20.1. The zero-order chi connectivity index (χ0) is 21.8. The first-order valence-corrected chi connectivity index (χ1v) is 13.0. The fourth-order valence-corrected chi connectivity index (χ4v) is 9.56. The van der Waals surface area contributed by atoms with Gasteiger partial charge in [-0.15, -0.1) is 0 Å². The number of fused-ring (bicyclic) bond motifs is 5. The first kappa shape index (κ1) is 22.8. The van der Waals surface area contributed by atoms with Gasteiger partial charge < -0.3 is 15.0 Å². The van der Waals surface area contributed by atoms with Gasteiger partial charge in [0.25, 0.3) is 0 Å². The summed E-state index contributed by atoms with van der Waals surface area (Å²) in [7, 11) is 0. The molecule has 4 aliphatic rings. The molecule has 0 radical (unpaired) electrons. The molecule has 0 aliphatic heterocycles. The van der Waals surface area contributed by atoms with Crippen LogP contribution in [-0.2, 0) is 4.79 Å². The molecule has 0 aromatic carbocycles. The third kappa shape index (κ3) is 3.41. The van der Waals surface area contributed by atoms with Crippen LogP contribution in [0.15, 0.2) is 0 Å². The molecule has 0 aromatic heterocycles. The van der Waals surface area contributed by atoms with Gasteiger partial charge in [-0.3, -0.25) is 0 Å². The van der Waals surface area contributed by atoms with Crippen molar-refractivity contribution in [1.82, 2.24) is 0 Å². The largest absolute Gasteiger partial charge is 0.393 e. The van der Waals surface area contributed by atoms with E-state index in [0.717, 1.165) is 32.1 Å². The van der Waals surface area contributed by atoms with Crippen molar-refractivity contribution >= 4 is 5.78 Å². The first-order valence-electron chi connectivity index (χ1n) is 13.0. The molecule has 4 rings (SSSR count). The summed E-state index contributed by atoms with van der Waals surface area (Å²) in [5, 5.41) is 22.2. The minimum Gasteiger partial charge on any atom is -0.393 e. The van der Waals surface area contributed by atoms with Gasteiger partial charge >= 0.3 is 0 Å². The van der Waals surface area contributed by atoms with Crippen LogP contribution in [-0.4, -0.2) is 28.2 Å². The molecular formula is C27H46O3. The van der Waals surface area contributed by atoms with Gasteiger partial charge in [0.2, 0.25) is 0 Å². The van der Waals surface area contributed by atoms with Crippen LogP contribution < -0.4 is 0 Å². The quantitative estimate of drug-likeness (QED) is 0.609. The molecule has 0 amide bonds. The highest BCUT2D eigenvalue weighted by Crippen LogP contribution is 2.69. The van der Waals surface area contributed by atoms with Crippen LogP contribution >= 0.6 is 0 Å². The van der Waals surface area contributed by atoms with Gasteiger partial charge in [0.1, 0.15) is 5.78 Å². The number of hydrogen-bond acceptors (Lipinski definition) is 3. The predicted octanol–water partition coefficient (Wildman–Crippen LogP) is 5.62. The monoisotopic (exact) mass is 418 g/mol. The Balaban J connectivity index is 1.61. The lowest BCUT2D eigenvalue weighted by Gasteiger charge is -2.64. The van der Waals surface area contributed by atoms with Gasteiger partial charge in [-0.25, -0.2) is 0 Å². The molecule has 0 unspecified atom stereocenters. The lowest BCUT2D eigenvalue weighted by atomic mass is 9.41. The van der Waals surface area contributed by atoms with Crippen molar-refractivity contribution in [3.8, 4) is 0 Å². The molecule has 0 spiro atoms. The highest BCUT2D eigenvalue weighted by Gasteiger charge is 2.64. The molecule has 172 valence electrons. The Morgan fingerprint density at radius 2 is 1.67 bits per heavy atom. The first-order chi connectivity index (χ1) is 14.1. The third-order valence-electron chi connectivity index (χ3n) is 11.1. The van der Waals surface area contributed by atoms with Gasteiger partial charge in [0.15, 0.2) is 0 Å². The van der Waals surface area contributed by atoms with E-state index in [1.54, 1.807) is 6.92 Å². The minimum absolute atomic E-state index is 0.173. The van der Waals surface area contributed by atoms with Crippen molar-refractivity contribution in [3.05, 3.63) is 0 Å². The van der Waals surface area contributed by atoms with E-state index in [1.807, 2.05) is 0 Å². The van der Waals surface area contributed by atoms with E-state index in [9.17, 15) is 15.0 Å². The Kier molecular flexibility index (Phi) is 6.21. The summed E-state index contributed by atoms with van der Waals surface area (Å²) in [4.78, 5) is 11.6. The van der Waals surface area contributed by atoms with Crippen LogP contribution in [0.5, 0.6) is 0 Å². The van der Waals surface area contributed by atoms with Crippen LogP contribution in [0.2, 0.25) is 0 Å². The van der Waals surface area contributed by atoms with Crippen molar-refractivity contribution in [2.75, 3.05) is 0 Å². The summed E-state index contributed by atoms with van der Waals surface area (Å²) in [6.07, 6.45) is 10.4. The molecule has 0 aromatic rings. The summed E-state index contributed by atoms with van der Waals surface area (Å²) in [6, 6.07) is 0. The molecule has 11 atom stereocenters. The second kappa shape index (κ2) is 8.18. The molecule has 4 aliphatic carbocycles. The predicted molar refractivity (Wildman–Crippen MR) is 121 cm³/mol. The summed E-state index contributed by atoms with van der Waals surface area (Å²) in [6.45, 7) is 11.4. The van der Waals surface area contributed by atoms with E-state index in [1.165, 1.54) is 25.7 Å². The Hall–Kier alpha value is -0.410. The number of ketones is 1. The highest BCUT2D eigenvalue weighted by molar-refractivity contribution is 5.75. The Bertz CT molecular complexity index is 646. The van der Waals surface area contributed by atoms with E-state index >= 15 is 0 Å². The average molecular weight is 419 g/mol. The topological polar surface area (TPSA) is 57.5 Å². The summed E-state index contributed by atoms with van der Waals surface area (Å²) >= 11 is 0. The number of carbonyl (C=O) groups is 1. The molecule has 30 heavy (non-hydrogen) atoms. The maximum absolute atomic E-state index is 11.7. The molecule has 4 saturated carbocycles. The van der Waals surface area contributed by atoms with E-state index in [2.05, 4.69) is 27.7 Å². The van der Waals surface area contributed by atoms with Crippen LogP contribution in [0.25, 0.3) is 0 Å². The van der Waals surface area contributed by atoms with Crippen molar-refractivity contribution in [3.63, 3.8) is 0 Å². The average Bonchev–Trinajstić information content (AvgIpc) is 3.05. The molecule has 4 fully saturated rings. The maximum atomic E-state index is 11.7. The van der Waals surface area contributed by atoms with Crippen LogP contribution in [0, 0.1) is 52.3 Å². The number of hydrogen-bond donors (Lipinski definition) is 2. The SMILES string of the molecule is CC[C@H]1[C@@H](O)[C@@H]2[C@H](CC[C@]3(C)[C@@H]([C@H](C)CCC(C)=O)CC[C@@H]23)[C@@]2(C)CC[C@@H](O)C[C@@H]12. The third-order valence-corrected chi connectivity index (χ3v) is 11.1. The second-order valence-electron chi connectivity index (χ2n) is 12.3. The van der Waals surface area contributed by atoms with Gasteiger partial charge in [0, 0.05) is 6.42 Å². The van der Waals surface area contributed by atoms with E-state index in [4.69, 9.17) is 0 Å². The fraction of sp³-hybridized carbons (Fsp3) is 0.963. The lowest BCUT2D eigenvalue weighted by Crippen LogP contribution is -2.62. The highest BCUT2D eigenvalue weighted by atomic mass is 16.3. The molecule has 0 saturated heterocycles. The maximum Gasteiger partial charge on any atom is 0.129 e. The van der Waals surface area contributed by atoms with E-state index < -0.39 is 0 Å². The van der Waals surface area contributed by atoms with Crippen molar-refractivity contribution < 1.29 is 15.0 Å². The van der Waals surface area contributed by atoms with Gasteiger partial charge in [-0.2, -0.15) is 0 Å². The number of Topliss-reactive ketones (excluding diaryl/α,β-unsaturated/α-hetero) is 1. The van der Waals surface area contributed by atoms with Crippen LogP contribution in [0.4, 0.5) is 0 Å². The Morgan fingerprint density at radius 1 is 1.00 bits per heavy atom. The summed E-state index contributed by atoms with van der Waals surface area (Å²) in [5.41, 5.74) is 0.595. The minimum atomic E-state index is -0.209. The lowest BCUT2D eigenvalue weighted by molar-refractivity contribution is -0.203. The van der Waals surface area contributed by atoms with Crippen LogP contribution in [0.1, 0.15) is 98.8 Å². The number of rotatable bonds is 5. The molecule has 3 nitrogen and oxygen atoms in total. The van der Waals surface area contributed by atoms with E-state index in [0.29, 0.717) is 59.0 Å². The molecule has 3 heteroatoms. The van der Waals surface area contributed by atoms with Gasteiger partial charge in [-0.1, -0.05) is 34.1 Å². The number of aliphatic hydroxyl groups excluding tert-OH is 2. The van der Waals surface area contributed by atoms with Crippen molar-refractivity contribution in [1.29, 1.82) is 0 Å². The number of carbonyl (C=O) groups excluding carboxylic acids is 1. The van der Waals surface area contributed by atoms with Gasteiger partial charge in [-0.05, 0) is 111 Å². The zero-order valence-electron chi connectivity index (χ0n) is 20.1. The smallest absolute Gasteiger partial charge is 0.129 e. The standard InChI is InChI=1S/C27H46O3/c1-6-19-23-15-18(29)11-13-27(23,5)22-12-14-26(4)20(16(2)7-8-17(3)28)9-10-21(26)24(22)25(19)30/h16,18-25,29-30H,6-15H2,1-5H3/t16-,18-,19-,20-,21+,22+,23+,24+,25-,26-,27-/m1/s1. The Labute approximate surface area is 184 Å². The second-order valence-corrected chi connectivity index (χ2v) is 12.3. The molecule has 0 bridgehead atoms. The van der Waals surface area contributed by atoms with Crippen LogP contribution in [0.3, 0.4) is 0 Å². The van der Waals surface area contributed by atoms with Crippen molar-refractivity contribution in [2.24, 2.45) is 52.3 Å². The molecular weight excluding hydrogens is 372 g/mol. The summed E-state index contributed by atoms with van der Waals surface area (Å²) in [5.74, 6) is 4.06. The summed E-state index contributed by atoms with van der Waals surface area (Å²) < 4.78 is 0. The number of aliphatic hydroxyl groups is 2. The normalized spacial score (nSPS) is 51.6. The van der Waals surface area contributed by atoms with E-state index in [-0.39, 0.29) is 17.6 Å². The molecule has 0 heterocycles.